The molecule has 0 aliphatic carbocycles. The fraction of sp³-hybridized carbons (Fsp3) is 0.500. The third-order valence-electron chi connectivity index (χ3n) is 2.39. The minimum atomic E-state index is -1.01. The average Bonchev–Trinajstić information content (AvgIpc) is 2.68. The Hall–Kier alpha value is -2.31. The van der Waals surface area contributed by atoms with Crippen molar-refractivity contribution in [1.29, 1.82) is 0 Å². The number of esters is 2. The molecule has 0 saturated heterocycles. The van der Waals surface area contributed by atoms with E-state index in [-0.39, 0.29) is 17.9 Å². The second kappa shape index (κ2) is 6.43. The number of hydrogen-bond acceptors (Lipinski definition) is 5. The second-order valence-electron chi connectivity index (χ2n) is 5.38. The quantitative estimate of drug-likeness (QED) is 0.654. The van der Waals surface area contributed by atoms with Crippen LogP contribution >= 0.6 is 0 Å². The molecule has 0 saturated carbocycles. The summed E-state index contributed by atoms with van der Waals surface area (Å²) in [4.78, 5) is 37.9. The highest BCUT2D eigenvalue weighted by molar-refractivity contribution is 6.37. The van der Waals surface area contributed by atoms with E-state index in [0.29, 0.717) is 5.69 Å². The highest BCUT2D eigenvalue weighted by Crippen LogP contribution is 2.22. The van der Waals surface area contributed by atoms with Gasteiger partial charge in [-0.05, 0) is 34.6 Å². The maximum Gasteiger partial charge on any atom is 0.397 e. The molecule has 2 N–H and O–H groups in total. The number of hydrogen-bond donors (Lipinski definition) is 2. The first-order valence-electron chi connectivity index (χ1n) is 6.55. The number of ether oxygens (including phenoxy) is 2. The zero-order valence-corrected chi connectivity index (χ0v) is 12.8. The van der Waals surface area contributed by atoms with E-state index >= 15 is 0 Å². The standard InChI is InChI=1S/C14H20N2O5/c1-6-20-13(19)11(17)16-9-7-15-8(2)10(9)12(18)21-14(3,4)5/h7,15H,6H2,1-5H3,(H,16,17). The van der Waals surface area contributed by atoms with Crippen LogP contribution in [0.5, 0.6) is 0 Å². The molecule has 1 aromatic heterocycles. The van der Waals surface area contributed by atoms with Gasteiger partial charge in [-0.25, -0.2) is 9.59 Å². The van der Waals surface area contributed by atoms with E-state index < -0.39 is 23.4 Å². The maximum absolute atomic E-state index is 12.1. The Labute approximate surface area is 123 Å². The molecule has 0 atom stereocenters. The van der Waals surface area contributed by atoms with Crippen LogP contribution in [-0.2, 0) is 19.1 Å². The van der Waals surface area contributed by atoms with Crippen LogP contribution in [0.2, 0.25) is 0 Å². The molecule has 1 aromatic rings. The van der Waals surface area contributed by atoms with Gasteiger partial charge in [-0.3, -0.25) is 4.79 Å². The van der Waals surface area contributed by atoms with Gasteiger partial charge in [-0.1, -0.05) is 0 Å². The minimum absolute atomic E-state index is 0.0946. The van der Waals surface area contributed by atoms with Crippen molar-refractivity contribution in [3.8, 4) is 0 Å². The van der Waals surface area contributed by atoms with Gasteiger partial charge in [0.25, 0.3) is 0 Å². The van der Waals surface area contributed by atoms with Crippen molar-refractivity contribution >= 4 is 23.5 Å². The van der Waals surface area contributed by atoms with Gasteiger partial charge in [0.1, 0.15) is 11.2 Å². The van der Waals surface area contributed by atoms with Crippen LogP contribution in [0.3, 0.4) is 0 Å². The lowest BCUT2D eigenvalue weighted by molar-refractivity contribution is -0.152. The molecule has 0 bridgehead atoms. The molecule has 0 unspecified atom stereocenters. The van der Waals surface area contributed by atoms with Crippen molar-refractivity contribution in [2.24, 2.45) is 0 Å². The Balaban J connectivity index is 2.93. The fourth-order valence-corrected chi connectivity index (χ4v) is 1.59. The van der Waals surface area contributed by atoms with Gasteiger partial charge in [0, 0.05) is 11.9 Å². The second-order valence-corrected chi connectivity index (χ2v) is 5.38. The molecule has 1 amide bonds. The van der Waals surface area contributed by atoms with E-state index in [9.17, 15) is 14.4 Å². The van der Waals surface area contributed by atoms with Crippen LogP contribution < -0.4 is 5.32 Å². The van der Waals surface area contributed by atoms with Crippen molar-refractivity contribution in [3.63, 3.8) is 0 Å². The van der Waals surface area contributed by atoms with Gasteiger partial charge in [-0.2, -0.15) is 0 Å². The third-order valence-corrected chi connectivity index (χ3v) is 2.39. The molecule has 7 nitrogen and oxygen atoms in total. The van der Waals surface area contributed by atoms with Crippen LogP contribution in [0.4, 0.5) is 5.69 Å². The van der Waals surface area contributed by atoms with Crippen LogP contribution in [0.25, 0.3) is 0 Å². The van der Waals surface area contributed by atoms with Gasteiger partial charge in [0.05, 0.1) is 12.3 Å². The predicted octanol–water partition coefficient (Wildman–Crippen LogP) is 1.78. The molecule has 116 valence electrons. The molecule has 0 aliphatic heterocycles. The molecular weight excluding hydrogens is 276 g/mol. The number of aryl methyl sites for hydroxylation is 1. The highest BCUT2D eigenvalue weighted by Gasteiger charge is 2.25. The first-order valence-corrected chi connectivity index (χ1v) is 6.55. The van der Waals surface area contributed by atoms with E-state index in [0.717, 1.165) is 0 Å². The van der Waals surface area contributed by atoms with E-state index in [1.165, 1.54) is 6.20 Å². The fourth-order valence-electron chi connectivity index (χ4n) is 1.59. The summed E-state index contributed by atoms with van der Waals surface area (Å²) in [6, 6.07) is 0. The lowest BCUT2D eigenvalue weighted by atomic mass is 10.1. The van der Waals surface area contributed by atoms with Crippen molar-refractivity contribution < 1.29 is 23.9 Å². The van der Waals surface area contributed by atoms with Crippen LogP contribution in [0, 0.1) is 6.92 Å². The zero-order chi connectivity index (χ0) is 16.2. The summed E-state index contributed by atoms with van der Waals surface area (Å²) >= 11 is 0. The number of carbonyl (C=O) groups excluding carboxylic acids is 3. The number of anilines is 1. The lowest BCUT2D eigenvalue weighted by Gasteiger charge is -2.20. The maximum atomic E-state index is 12.1. The summed E-state index contributed by atoms with van der Waals surface area (Å²) in [7, 11) is 0. The SMILES string of the molecule is CCOC(=O)C(=O)Nc1c[nH]c(C)c1C(=O)OC(C)(C)C. The third kappa shape index (κ3) is 4.62. The molecule has 0 radical (unpaired) electrons. The lowest BCUT2D eigenvalue weighted by Crippen LogP contribution is -2.27. The molecule has 0 aliphatic rings. The smallest absolute Gasteiger partial charge is 0.397 e. The Kier molecular flexibility index (Phi) is 5.12. The summed E-state index contributed by atoms with van der Waals surface area (Å²) in [6.45, 7) is 8.58. The van der Waals surface area contributed by atoms with Crippen molar-refractivity contribution in [3.05, 3.63) is 17.5 Å². The predicted molar refractivity (Wildman–Crippen MR) is 76.0 cm³/mol. The Morgan fingerprint density at radius 1 is 1.29 bits per heavy atom. The van der Waals surface area contributed by atoms with Gasteiger partial charge in [0.15, 0.2) is 0 Å². The average molecular weight is 296 g/mol. The van der Waals surface area contributed by atoms with Crippen LogP contribution in [-0.4, -0.2) is 35.0 Å². The summed E-state index contributed by atoms with van der Waals surface area (Å²) in [5.41, 5.74) is 0.231. The minimum Gasteiger partial charge on any atom is -0.459 e. The molecular formula is C14H20N2O5. The number of rotatable bonds is 3. The van der Waals surface area contributed by atoms with Gasteiger partial charge >= 0.3 is 17.8 Å². The van der Waals surface area contributed by atoms with Crippen LogP contribution in [0.15, 0.2) is 6.20 Å². The molecule has 7 heteroatoms. The number of amides is 1. The van der Waals surface area contributed by atoms with Crippen molar-refractivity contribution in [2.45, 2.75) is 40.2 Å². The normalized spacial score (nSPS) is 10.9. The van der Waals surface area contributed by atoms with E-state index in [1.807, 2.05) is 0 Å². The van der Waals surface area contributed by atoms with E-state index in [1.54, 1.807) is 34.6 Å². The Morgan fingerprint density at radius 2 is 1.90 bits per heavy atom. The Bertz CT molecular complexity index is 554. The summed E-state index contributed by atoms with van der Waals surface area (Å²) in [6.07, 6.45) is 1.42. The molecule has 21 heavy (non-hydrogen) atoms. The summed E-state index contributed by atoms with van der Waals surface area (Å²) in [5.74, 6) is -2.53. The number of aromatic amines is 1. The van der Waals surface area contributed by atoms with Crippen LogP contribution in [0.1, 0.15) is 43.7 Å². The molecule has 1 heterocycles. The Morgan fingerprint density at radius 3 is 2.43 bits per heavy atom. The molecule has 1 rings (SSSR count). The topological polar surface area (TPSA) is 97.5 Å². The van der Waals surface area contributed by atoms with E-state index in [4.69, 9.17) is 4.74 Å². The zero-order valence-electron chi connectivity index (χ0n) is 12.8. The van der Waals surface area contributed by atoms with Gasteiger partial charge < -0.3 is 19.8 Å². The number of aromatic nitrogens is 1. The largest absolute Gasteiger partial charge is 0.459 e. The van der Waals surface area contributed by atoms with Gasteiger partial charge in [-0.15, -0.1) is 0 Å². The monoisotopic (exact) mass is 296 g/mol. The summed E-state index contributed by atoms with van der Waals surface area (Å²) < 4.78 is 9.85. The van der Waals surface area contributed by atoms with Gasteiger partial charge in [0.2, 0.25) is 0 Å². The van der Waals surface area contributed by atoms with Crippen molar-refractivity contribution in [1.82, 2.24) is 4.98 Å². The first kappa shape index (κ1) is 16.7. The summed E-state index contributed by atoms with van der Waals surface area (Å²) in [5, 5.41) is 2.34. The number of nitrogens with one attached hydrogen (secondary N) is 2. The number of H-pyrrole nitrogens is 1. The first-order chi connectivity index (χ1) is 9.65. The number of carbonyl (C=O) groups is 3. The van der Waals surface area contributed by atoms with Crippen molar-refractivity contribution in [2.75, 3.05) is 11.9 Å². The molecule has 0 aromatic carbocycles. The molecule has 0 spiro atoms. The highest BCUT2D eigenvalue weighted by atomic mass is 16.6. The van der Waals surface area contributed by atoms with E-state index in [2.05, 4.69) is 15.0 Å². The molecule has 0 fully saturated rings.